The molecular formula is C22H21BO3. The molecule has 0 amide bonds. The molecule has 0 atom stereocenters. The molecule has 1 aliphatic rings. The lowest BCUT2D eigenvalue weighted by Crippen LogP contribution is -2.41. The van der Waals surface area contributed by atoms with E-state index in [1.165, 1.54) is 0 Å². The lowest BCUT2D eigenvalue weighted by molar-refractivity contribution is 0.00578. The first kappa shape index (κ1) is 15.9. The van der Waals surface area contributed by atoms with Crippen molar-refractivity contribution < 1.29 is 13.7 Å². The maximum atomic E-state index is 6.34. The number of hydrogen-bond donors (Lipinski definition) is 0. The van der Waals surface area contributed by atoms with Crippen molar-refractivity contribution in [2.24, 2.45) is 0 Å². The zero-order chi connectivity index (χ0) is 18.1. The van der Waals surface area contributed by atoms with Crippen LogP contribution in [0, 0.1) is 0 Å². The smallest absolute Gasteiger partial charge is 0.455 e. The minimum Gasteiger partial charge on any atom is -0.455 e. The number of benzene rings is 3. The number of furan rings is 1. The summed E-state index contributed by atoms with van der Waals surface area (Å²) >= 11 is 0. The first-order chi connectivity index (χ1) is 12.4. The van der Waals surface area contributed by atoms with E-state index in [-0.39, 0.29) is 11.2 Å². The zero-order valence-electron chi connectivity index (χ0n) is 15.5. The summed E-state index contributed by atoms with van der Waals surface area (Å²) in [4.78, 5) is 0. The topological polar surface area (TPSA) is 31.6 Å². The van der Waals surface area contributed by atoms with E-state index >= 15 is 0 Å². The van der Waals surface area contributed by atoms with Crippen molar-refractivity contribution in [2.75, 3.05) is 0 Å². The molecule has 0 saturated carbocycles. The van der Waals surface area contributed by atoms with Gasteiger partial charge in [-0.3, -0.25) is 0 Å². The van der Waals surface area contributed by atoms with Crippen molar-refractivity contribution >= 4 is 45.3 Å². The lowest BCUT2D eigenvalue weighted by Gasteiger charge is -2.32. The molecule has 2 heterocycles. The molecule has 0 radical (unpaired) electrons. The van der Waals surface area contributed by atoms with Gasteiger partial charge in [-0.15, -0.1) is 0 Å². The van der Waals surface area contributed by atoms with E-state index in [0.717, 1.165) is 38.2 Å². The molecule has 0 unspecified atom stereocenters. The van der Waals surface area contributed by atoms with E-state index < -0.39 is 7.12 Å². The van der Waals surface area contributed by atoms with Crippen molar-refractivity contribution in [2.45, 2.75) is 38.9 Å². The van der Waals surface area contributed by atoms with Gasteiger partial charge in [0.2, 0.25) is 0 Å². The summed E-state index contributed by atoms with van der Waals surface area (Å²) in [6, 6.07) is 18.6. The van der Waals surface area contributed by atoms with Crippen LogP contribution in [0.1, 0.15) is 27.7 Å². The second-order valence-corrected chi connectivity index (χ2v) is 8.07. The van der Waals surface area contributed by atoms with Crippen molar-refractivity contribution in [3.05, 3.63) is 54.6 Å². The normalized spacial score (nSPS) is 19.0. The Morgan fingerprint density at radius 2 is 1.27 bits per heavy atom. The average Bonchev–Trinajstić information content (AvgIpc) is 3.08. The maximum absolute atomic E-state index is 6.34. The van der Waals surface area contributed by atoms with Crippen LogP contribution in [0.4, 0.5) is 0 Å². The zero-order valence-corrected chi connectivity index (χ0v) is 15.5. The fraction of sp³-hybridized carbons (Fsp3) is 0.273. The average molecular weight is 344 g/mol. The van der Waals surface area contributed by atoms with Gasteiger partial charge in [-0.05, 0) is 44.6 Å². The first-order valence-electron chi connectivity index (χ1n) is 9.06. The van der Waals surface area contributed by atoms with Crippen LogP contribution < -0.4 is 5.46 Å². The van der Waals surface area contributed by atoms with Gasteiger partial charge in [0, 0.05) is 16.2 Å². The molecular weight excluding hydrogens is 323 g/mol. The van der Waals surface area contributed by atoms with Crippen molar-refractivity contribution in [3.8, 4) is 0 Å². The van der Waals surface area contributed by atoms with E-state index in [0.29, 0.717) is 0 Å². The Bertz CT molecular complexity index is 1140. The largest absolute Gasteiger partial charge is 0.495 e. The van der Waals surface area contributed by atoms with Crippen LogP contribution in [0.15, 0.2) is 59.0 Å². The lowest BCUT2D eigenvalue weighted by atomic mass is 9.75. The Hall–Kier alpha value is -2.30. The molecule has 5 rings (SSSR count). The fourth-order valence-corrected chi connectivity index (χ4v) is 3.74. The summed E-state index contributed by atoms with van der Waals surface area (Å²) in [6.07, 6.45) is 0. The molecule has 3 nitrogen and oxygen atoms in total. The highest BCUT2D eigenvalue weighted by Crippen LogP contribution is 2.39. The quantitative estimate of drug-likeness (QED) is 0.454. The number of rotatable bonds is 1. The minimum atomic E-state index is -0.400. The van der Waals surface area contributed by atoms with Crippen molar-refractivity contribution in [3.63, 3.8) is 0 Å². The molecule has 0 spiro atoms. The van der Waals surface area contributed by atoms with Gasteiger partial charge in [-0.2, -0.15) is 0 Å². The molecule has 1 fully saturated rings. The summed E-state index contributed by atoms with van der Waals surface area (Å²) < 4.78 is 18.9. The molecule has 4 heteroatoms. The van der Waals surface area contributed by atoms with Crippen LogP contribution in [0.25, 0.3) is 32.7 Å². The maximum Gasteiger partial charge on any atom is 0.495 e. The van der Waals surface area contributed by atoms with Crippen LogP contribution in [-0.2, 0) is 9.31 Å². The van der Waals surface area contributed by atoms with Gasteiger partial charge < -0.3 is 13.7 Å². The predicted octanol–water partition coefficient (Wildman–Crippen LogP) is 5.04. The van der Waals surface area contributed by atoms with Crippen LogP contribution in [-0.4, -0.2) is 18.3 Å². The third-order valence-corrected chi connectivity index (χ3v) is 5.92. The molecule has 0 aliphatic carbocycles. The molecule has 130 valence electrons. The van der Waals surface area contributed by atoms with E-state index in [1.807, 2.05) is 30.3 Å². The van der Waals surface area contributed by atoms with Gasteiger partial charge in [0.25, 0.3) is 0 Å². The molecule has 1 aromatic heterocycles. The van der Waals surface area contributed by atoms with Crippen LogP contribution in [0.2, 0.25) is 0 Å². The highest BCUT2D eigenvalue weighted by molar-refractivity contribution is 6.66. The van der Waals surface area contributed by atoms with E-state index in [4.69, 9.17) is 13.7 Å². The Balaban J connectivity index is 1.83. The van der Waals surface area contributed by atoms with E-state index in [1.54, 1.807) is 0 Å². The van der Waals surface area contributed by atoms with E-state index in [9.17, 15) is 0 Å². The SMILES string of the molecule is CC1(C)OB(c2cc3c4ccccc4oc3c3ccccc23)OC1(C)C. The Labute approximate surface area is 153 Å². The third-order valence-electron chi connectivity index (χ3n) is 5.92. The molecule has 26 heavy (non-hydrogen) atoms. The predicted molar refractivity (Wildman–Crippen MR) is 107 cm³/mol. The second kappa shape index (κ2) is 5.12. The first-order valence-corrected chi connectivity index (χ1v) is 9.06. The molecule has 3 aromatic carbocycles. The highest BCUT2D eigenvalue weighted by atomic mass is 16.7. The summed E-state index contributed by atoms with van der Waals surface area (Å²) in [5.41, 5.74) is 2.14. The highest BCUT2D eigenvalue weighted by Gasteiger charge is 2.52. The third kappa shape index (κ3) is 2.09. The molecule has 0 bridgehead atoms. The van der Waals surface area contributed by atoms with Crippen molar-refractivity contribution in [1.29, 1.82) is 0 Å². The summed E-state index contributed by atoms with van der Waals surface area (Å²) in [5.74, 6) is 0. The molecule has 0 N–H and O–H groups in total. The van der Waals surface area contributed by atoms with Gasteiger partial charge in [0.05, 0.1) is 11.2 Å². The van der Waals surface area contributed by atoms with Gasteiger partial charge in [0.15, 0.2) is 0 Å². The van der Waals surface area contributed by atoms with Gasteiger partial charge >= 0.3 is 7.12 Å². The Morgan fingerprint density at radius 1 is 0.692 bits per heavy atom. The van der Waals surface area contributed by atoms with Gasteiger partial charge in [-0.1, -0.05) is 48.5 Å². The minimum absolute atomic E-state index is 0.369. The summed E-state index contributed by atoms with van der Waals surface area (Å²) in [7, 11) is -0.400. The monoisotopic (exact) mass is 344 g/mol. The molecule has 1 aliphatic heterocycles. The van der Waals surface area contributed by atoms with Gasteiger partial charge in [0.1, 0.15) is 11.2 Å². The Morgan fingerprint density at radius 3 is 1.96 bits per heavy atom. The molecule has 1 saturated heterocycles. The van der Waals surface area contributed by atoms with Crippen LogP contribution in [0.3, 0.4) is 0 Å². The number of fused-ring (bicyclic) bond motifs is 5. The van der Waals surface area contributed by atoms with Crippen molar-refractivity contribution in [1.82, 2.24) is 0 Å². The summed E-state index contributed by atoms with van der Waals surface area (Å²) in [5, 5.41) is 4.42. The number of hydrogen-bond acceptors (Lipinski definition) is 3. The summed E-state index contributed by atoms with van der Waals surface area (Å²) in [6.45, 7) is 8.34. The Kier molecular flexibility index (Phi) is 3.14. The number of para-hydroxylation sites is 1. The van der Waals surface area contributed by atoms with Gasteiger partial charge in [-0.25, -0.2) is 0 Å². The van der Waals surface area contributed by atoms with Crippen LogP contribution >= 0.6 is 0 Å². The standard InChI is InChI=1S/C22H21BO3/c1-21(2)22(3,4)26-23(25-21)18-13-17-15-10-7-8-12-19(15)24-20(17)16-11-6-5-9-14(16)18/h5-13H,1-4H3. The van der Waals surface area contributed by atoms with E-state index in [2.05, 4.69) is 52.0 Å². The van der Waals surface area contributed by atoms with Crippen LogP contribution in [0.5, 0.6) is 0 Å². The fourth-order valence-electron chi connectivity index (χ4n) is 3.74. The second-order valence-electron chi connectivity index (χ2n) is 8.07. The molecule has 4 aromatic rings.